The molecule has 0 saturated heterocycles. The lowest BCUT2D eigenvalue weighted by molar-refractivity contribution is 0.0920. The maximum absolute atomic E-state index is 13.1. The number of hydrogen-bond donors (Lipinski definition) is 2. The standard InChI is InChI=1S/C13H16BrFN2O/c14-10-6-5-8(15)7-9(10)13(18)17-12-4-2-1-3-11(12)16/h5-7,11-12H,1-4,16H2,(H,17,18)/t11-,12-/m1/s1. The van der Waals surface area contributed by atoms with Crippen LogP contribution in [0.4, 0.5) is 4.39 Å². The number of nitrogens with two attached hydrogens (primary N) is 1. The van der Waals surface area contributed by atoms with E-state index in [2.05, 4.69) is 21.2 Å². The molecule has 0 bridgehead atoms. The number of halogens is 2. The molecule has 2 atom stereocenters. The quantitative estimate of drug-likeness (QED) is 0.881. The van der Waals surface area contributed by atoms with E-state index in [9.17, 15) is 9.18 Å². The molecule has 1 fully saturated rings. The van der Waals surface area contributed by atoms with E-state index in [0.29, 0.717) is 10.0 Å². The van der Waals surface area contributed by atoms with E-state index in [1.54, 1.807) is 0 Å². The van der Waals surface area contributed by atoms with E-state index < -0.39 is 5.82 Å². The number of rotatable bonds is 2. The van der Waals surface area contributed by atoms with Crippen LogP contribution >= 0.6 is 15.9 Å². The maximum atomic E-state index is 13.1. The van der Waals surface area contributed by atoms with E-state index in [1.807, 2.05) is 0 Å². The van der Waals surface area contributed by atoms with Gasteiger partial charge in [-0.25, -0.2) is 4.39 Å². The summed E-state index contributed by atoms with van der Waals surface area (Å²) in [5, 5.41) is 2.89. The molecule has 0 spiro atoms. The van der Waals surface area contributed by atoms with Crippen LogP contribution in [0.5, 0.6) is 0 Å². The third-order valence-corrected chi connectivity index (χ3v) is 4.00. The van der Waals surface area contributed by atoms with Gasteiger partial charge < -0.3 is 11.1 Å². The molecule has 18 heavy (non-hydrogen) atoms. The van der Waals surface area contributed by atoms with Crippen molar-refractivity contribution >= 4 is 21.8 Å². The summed E-state index contributed by atoms with van der Waals surface area (Å²) >= 11 is 3.25. The zero-order chi connectivity index (χ0) is 13.1. The highest BCUT2D eigenvalue weighted by Gasteiger charge is 2.24. The topological polar surface area (TPSA) is 55.1 Å². The van der Waals surface area contributed by atoms with E-state index in [4.69, 9.17) is 5.73 Å². The fourth-order valence-electron chi connectivity index (χ4n) is 2.26. The first-order chi connectivity index (χ1) is 8.58. The molecule has 1 amide bonds. The molecule has 0 aliphatic heterocycles. The summed E-state index contributed by atoms with van der Waals surface area (Å²) in [6.07, 6.45) is 4.00. The first kappa shape index (κ1) is 13.5. The van der Waals surface area contributed by atoms with Crippen molar-refractivity contribution in [1.82, 2.24) is 5.32 Å². The Morgan fingerprint density at radius 1 is 1.39 bits per heavy atom. The Kier molecular flexibility index (Phi) is 4.35. The molecule has 0 aromatic heterocycles. The minimum atomic E-state index is -0.420. The van der Waals surface area contributed by atoms with Crippen molar-refractivity contribution in [3.8, 4) is 0 Å². The SMILES string of the molecule is N[C@@H]1CCCC[C@H]1NC(=O)c1cc(F)ccc1Br. The Bertz CT molecular complexity index is 453. The van der Waals surface area contributed by atoms with Gasteiger partial charge in [-0.3, -0.25) is 4.79 Å². The van der Waals surface area contributed by atoms with Crippen LogP contribution in [-0.2, 0) is 0 Å². The zero-order valence-corrected chi connectivity index (χ0v) is 11.5. The number of amides is 1. The average Bonchev–Trinajstić information content (AvgIpc) is 2.35. The van der Waals surface area contributed by atoms with Gasteiger partial charge in [-0.2, -0.15) is 0 Å². The van der Waals surface area contributed by atoms with Crippen LogP contribution in [0.15, 0.2) is 22.7 Å². The van der Waals surface area contributed by atoms with Crippen molar-refractivity contribution in [2.45, 2.75) is 37.8 Å². The van der Waals surface area contributed by atoms with Gasteiger partial charge in [0.1, 0.15) is 5.82 Å². The fraction of sp³-hybridized carbons (Fsp3) is 0.462. The van der Waals surface area contributed by atoms with Crippen molar-refractivity contribution in [3.05, 3.63) is 34.1 Å². The lowest BCUT2D eigenvalue weighted by Gasteiger charge is -2.29. The summed E-state index contributed by atoms with van der Waals surface area (Å²) in [4.78, 5) is 12.1. The molecular formula is C13H16BrFN2O. The second-order valence-corrected chi connectivity index (χ2v) is 5.51. The molecule has 0 radical (unpaired) electrons. The van der Waals surface area contributed by atoms with Crippen LogP contribution in [0.3, 0.4) is 0 Å². The fourth-order valence-corrected chi connectivity index (χ4v) is 2.68. The Morgan fingerprint density at radius 2 is 2.11 bits per heavy atom. The van der Waals surface area contributed by atoms with Crippen LogP contribution in [-0.4, -0.2) is 18.0 Å². The predicted octanol–water partition coefficient (Wildman–Crippen LogP) is 2.59. The number of benzene rings is 1. The molecular weight excluding hydrogens is 299 g/mol. The normalized spacial score (nSPS) is 23.7. The largest absolute Gasteiger partial charge is 0.348 e. The van der Waals surface area contributed by atoms with E-state index in [1.165, 1.54) is 18.2 Å². The van der Waals surface area contributed by atoms with Gasteiger partial charge >= 0.3 is 0 Å². The lowest BCUT2D eigenvalue weighted by Crippen LogP contribution is -2.49. The molecule has 1 aliphatic carbocycles. The molecule has 1 saturated carbocycles. The molecule has 1 aromatic carbocycles. The van der Waals surface area contributed by atoms with Gasteiger partial charge in [0.05, 0.1) is 5.56 Å². The van der Waals surface area contributed by atoms with Crippen molar-refractivity contribution in [2.75, 3.05) is 0 Å². The molecule has 1 aliphatic rings. The van der Waals surface area contributed by atoms with Crippen LogP contribution in [0.2, 0.25) is 0 Å². The Morgan fingerprint density at radius 3 is 2.83 bits per heavy atom. The summed E-state index contributed by atoms with van der Waals surface area (Å²) in [5.41, 5.74) is 6.29. The van der Waals surface area contributed by atoms with Crippen LogP contribution in [0, 0.1) is 5.82 Å². The van der Waals surface area contributed by atoms with Crippen molar-refractivity contribution < 1.29 is 9.18 Å². The number of nitrogens with one attached hydrogen (secondary N) is 1. The summed E-state index contributed by atoms with van der Waals surface area (Å²) in [7, 11) is 0. The van der Waals surface area contributed by atoms with E-state index >= 15 is 0 Å². The predicted molar refractivity (Wildman–Crippen MR) is 71.8 cm³/mol. The molecule has 3 N–H and O–H groups in total. The highest BCUT2D eigenvalue weighted by Crippen LogP contribution is 2.20. The molecule has 2 rings (SSSR count). The molecule has 0 unspecified atom stereocenters. The van der Waals surface area contributed by atoms with Crippen LogP contribution in [0.25, 0.3) is 0 Å². The summed E-state index contributed by atoms with van der Waals surface area (Å²) in [6.45, 7) is 0. The second-order valence-electron chi connectivity index (χ2n) is 4.65. The monoisotopic (exact) mass is 314 g/mol. The third-order valence-electron chi connectivity index (χ3n) is 3.31. The number of carbonyl (C=O) groups excluding carboxylic acids is 1. The Balaban J connectivity index is 2.09. The second kappa shape index (κ2) is 5.80. The molecule has 98 valence electrons. The lowest BCUT2D eigenvalue weighted by atomic mass is 9.91. The molecule has 0 heterocycles. The van der Waals surface area contributed by atoms with Gasteiger partial charge in [0, 0.05) is 16.6 Å². The number of carbonyl (C=O) groups is 1. The molecule has 3 nitrogen and oxygen atoms in total. The van der Waals surface area contributed by atoms with Gasteiger partial charge in [0.2, 0.25) is 0 Å². The summed E-state index contributed by atoms with van der Waals surface area (Å²) in [6, 6.07) is 4.06. The minimum absolute atomic E-state index is 0.00460. The van der Waals surface area contributed by atoms with Gasteiger partial charge in [-0.15, -0.1) is 0 Å². The number of hydrogen-bond acceptors (Lipinski definition) is 2. The first-order valence-electron chi connectivity index (χ1n) is 6.09. The van der Waals surface area contributed by atoms with Crippen molar-refractivity contribution in [2.24, 2.45) is 5.73 Å². The smallest absolute Gasteiger partial charge is 0.252 e. The van der Waals surface area contributed by atoms with E-state index in [0.717, 1.165) is 25.7 Å². The average molecular weight is 315 g/mol. The van der Waals surface area contributed by atoms with Gasteiger partial charge in [-0.1, -0.05) is 12.8 Å². The van der Waals surface area contributed by atoms with Crippen LogP contribution in [0.1, 0.15) is 36.0 Å². The minimum Gasteiger partial charge on any atom is -0.348 e. The van der Waals surface area contributed by atoms with Gasteiger partial charge in [-0.05, 0) is 47.0 Å². The first-order valence-corrected chi connectivity index (χ1v) is 6.88. The van der Waals surface area contributed by atoms with Crippen molar-refractivity contribution in [3.63, 3.8) is 0 Å². The third kappa shape index (κ3) is 3.09. The highest BCUT2D eigenvalue weighted by molar-refractivity contribution is 9.10. The maximum Gasteiger partial charge on any atom is 0.252 e. The summed E-state index contributed by atoms with van der Waals surface area (Å²) in [5.74, 6) is -0.694. The van der Waals surface area contributed by atoms with Crippen molar-refractivity contribution in [1.29, 1.82) is 0 Å². The Labute approximate surface area is 114 Å². The Hall–Kier alpha value is -0.940. The molecule has 5 heteroatoms. The highest BCUT2D eigenvalue weighted by atomic mass is 79.9. The van der Waals surface area contributed by atoms with Gasteiger partial charge in [0.15, 0.2) is 0 Å². The van der Waals surface area contributed by atoms with E-state index in [-0.39, 0.29) is 18.0 Å². The van der Waals surface area contributed by atoms with Gasteiger partial charge in [0.25, 0.3) is 5.91 Å². The zero-order valence-electron chi connectivity index (χ0n) is 9.96. The van der Waals surface area contributed by atoms with Crippen LogP contribution < -0.4 is 11.1 Å². The molecule has 1 aromatic rings. The summed E-state index contributed by atoms with van der Waals surface area (Å²) < 4.78 is 13.7.